The van der Waals surface area contributed by atoms with Crippen molar-refractivity contribution < 1.29 is 30.8 Å². The van der Waals surface area contributed by atoms with Gasteiger partial charge >= 0.3 is 6.18 Å². The Hall–Kier alpha value is -4.36. The number of methoxy groups -OCH3 is 1. The maximum atomic E-state index is 15.3. The van der Waals surface area contributed by atoms with Gasteiger partial charge in [-0.1, -0.05) is 6.42 Å². The average Bonchev–Trinajstić information content (AvgIpc) is 2.90. The Morgan fingerprint density at radius 2 is 1.90 bits per heavy atom. The molecule has 3 heterocycles. The second kappa shape index (κ2) is 10.7. The Balaban J connectivity index is 1.37. The molecule has 210 valence electrons. The van der Waals surface area contributed by atoms with E-state index in [1.54, 1.807) is 5.10 Å². The minimum atomic E-state index is -4.90. The summed E-state index contributed by atoms with van der Waals surface area (Å²) in [5.74, 6) is -2.36. The van der Waals surface area contributed by atoms with E-state index in [2.05, 4.69) is 25.1 Å². The van der Waals surface area contributed by atoms with Crippen LogP contribution in [0.5, 0.6) is 5.75 Å². The van der Waals surface area contributed by atoms with Crippen molar-refractivity contribution in [2.75, 3.05) is 12.4 Å². The third-order valence-corrected chi connectivity index (χ3v) is 6.85. The zero-order valence-corrected chi connectivity index (χ0v) is 20.6. The first-order chi connectivity index (χ1) is 20.2. The molecule has 0 saturated heterocycles. The molecule has 0 spiro atoms. The summed E-state index contributed by atoms with van der Waals surface area (Å²) in [7, 11) is -2.74. The van der Waals surface area contributed by atoms with Crippen molar-refractivity contribution in [2.24, 2.45) is 5.92 Å². The number of H-pyrrole nitrogens is 1. The Labute approximate surface area is 227 Å². The number of nitrogens with zero attached hydrogens (tertiary/aromatic N) is 4. The van der Waals surface area contributed by atoms with Gasteiger partial charge in [0.1, 0.15) is 17.2 Å². The highest BCUT2D eigenvalue weighted by Gasteiger charge is 2.38. The molecule has 1 aliphatic rings. The second-order valence-corrected chi connectivity index (χ2v) is 9.52. The molecule has 0 amide bonds. The SMILES string of the molecule is [2H]C([2H])([2H])Oc1cnc(-c2cc3c(F)cn(C[C@@H]4CCC[C@H](Nc5cn[nH]c(=O)c5C(F)(F)F)C4)c(=O)c3cc2F)nc1. The molecule has 1 aromatic carbocycles. The molecule has 40 heavy (non-hydrogen) atoms. The van der Waals surface area contributed by atoms with E-state index in [1.807, 2.05) is 0 Å². The van der Waals surface area contributed by atoms with Crippen molar-refractivity contribution in [3.8, 4) is 17.1 Å². The van der Waals surface area contributed by atoms with Crippen LogP contribution in [-0.2, 0) is 12.7 Å². The molecule has 0 radical (unpaired) electrons. The number of hydrogen-bond donors (Lipinski definition) is 2. The second-order valence-electron chi connectivity index (χ2n) is 9.52. The predicted octanol–water partition coefficient (Wildman–Crippen LogP) is 4.52. The molecular formula is C26H23F5N6O3. The first-order valence-corrected chi connectivity index (χ1v) is 12.1. The number of aromatic amines is 1. The Morgan fingerprint density at radius 3 is 2.62 bits per heavy atom. The Kier molecular flexibility index (Phi) is 6.27. The summed E-state index contributed by atoms with van der Waals surface area (Å²) < 4.78 is 97.8. The maximum absolute atomic E-state index is 15.3. The third kappa shape index (κ3) is 5.38. The minimum absolute atomic E-state index is 0.0288. The fourth-order valence-corrected chi connectivity index (χ4v) is 5.06. The molecule has 14 heteroatoms. The lowest BCUT2D eigenvalue weighted by Crippen LogP contribution is -2.34. The molecular weight excluding hydrogens is 539 g/mol. The number of aromatic nitrogens is 5. The van der Waals surface area contributed by atoms with Crippen LogP contribution in [0.2, 0.25) is 0 Å². The summed E-state index contributed by atoms with van der Waals surface area (Å²) in [6.07, 6.45) is 1.05. The monoisotopic (exact) mass is 565 g/mol. The third-order valence-electron chi connectivity index (χ3n) is 6.85. The fraction of sp³-hybridized carbons (Fsp3) is 0.346. The number of nitrogens with one attached hydrogen (secondary N) is 2. The summed E-state index contributed by atoms with van der Waals surface area (Å²) in [6.45, 7) is 0.0288. The molecule has 0 bridgehead atoms. The van der Waals surface area contributed by atoms with Gasteiger partial charge in [-0.25, -0.2) is 23.8 Å². The number of pyridine rings is 1. The van der Waals surface area contributed by atoms with E-state index in [1.165, 1.54) is 0 Å². The van der Waals surface area contributed by atoms with Gasteiger partial charge in [-0.2, -0.15) is 18.3 Å². The number of halogens is 5. The van der Waals surface area contributed by atoms with Gasteiger partial charge in [-0.05, 0) is 37.3 Å². The smallest absolute Gasteiger partial charge is 0.423 e. The van der Waals surface area contributed by atoms with E-state index in [9.17, 15) is 22.8 Å². The molecule has 1 fully saturated rings. The van der Waals surface area contributed by atoms with Crippen LogP contribution >= 0.6 is 0 Å². The van der Waals surface area contributed by atoms with Crippen LogP contribution < -0.4 is 21.2 Å². The fourth-order valence-electron chi connectivity index (χ4n) is 5.06. The van der Waals surface area contributed by atoms with Gasteiger partial charge in [0.2, 0.25) is 0 Å². The van der Waals surface area contributed by atoms with E-state index in [0.717, 1.165) is 41.5 Å². The lowest BCUT2D eigenvalue weighted by molar-refractivity contribution is -0.138. The zero-order valence-electron chi connectivity index (χ0n) is 23.6. The van der Waals surface area contributed by atoms with Crippen LogP contribution in [0, 0.1) is 17.6 Å². The van der Waals surface area contributed by atoms with Crippen LogP contribution in [-0.4, -0.2) is 37.8 Å². The van der Waals surface area contributed by atoms with Crippen LogP contribution in [0.3, 0.4) is 0 Å². The number of anilines is 1. The van der Waals surface area contributed by atoms with Gasteiger partial charge in [-0.15, -0.1) is 0 Å². The van der Waals surface area contributed by atoms with Gasteiger partial charge in [-0.3, -0.25) is 9.59 Å². The molecule has 9 nitrogen and oxygen atoms in total. The van der Waals surface area contributed by atoms with E-state index in [0.29, 0.717) is 25.7 Å². The van der Waals surface area contributed by atoms with Crippen LogP contribution in [0.25, 0.3) is 22.2 Å². The zero-order chi connectivity index (χ0) is 31.1. The lowest BCUT2D eigenvalue weighted by Gasteiger charge is -2.31. The van der Waals surface area contributed by atoms with Crippen molar-refractivity contribution in [2.45, 2.75) is 44.4 Å². The quantitative estimate of drug-likeness (QED) is 0.331. The number of hydrogen-bond acceptors (Lipinski definition) is 7. The van der Waals surface area contributed by atoms with Crippen molar-refractivity contribution >= 4 is 16.5 Å². The van der Waals surface area contributed by atoms with E-state index < -0.39 is 53.3 Å². The summed E-state index contributed by atoms with van der Waals surface area (Å²) in [4.78, 5) is 32.8. The highest BCUT2D eigenvalue weighted by atomic mass is 19.4. The first kappa shape index (κ1) is 23.5. The molecule has 4 aromatic rings. The number of benzene rings is 1. The molecule has 2 N–H and O–H groups in total. The molecule has 0 aliphatic heterocycles. The molecule has 1 saturated carbocycles. The predicted molar refractivity (Wildman–Crippen MR) is 135 cm³/mol. The largest absolute Gasteiger partial charge is 0.494 e. The van der Waals surface area contributed by atoms with Crippen LogP contribution in [0.4, 0.5) is 27.6 Å². The summed E-state index contributed by atoms with van der Waals surface area (Å²) in [6, 6.07) is 1.48. The van der Waals surface area contributed by atoms with E-state index in [4.69, 9.17) is 4.11 Å². The summed E-state index contributed by atoms with van der Waals surface area (Å²) in [5.41, 5.74) is -4.10. The van der Waals surface area contributed by atoms with Crippen LogP contribution in [0.1, 0.15) is 35.4 Å². The number of fused-ring (bicyclic) bond motifs is 1. The normalized spacial score (nSPS) is 19.1. The van der Waals surface area contributed by atoms with Crippen molar-refractivity contribution in [1.82, 2.24) is 24.7 Å². The number of ether oxygens (including phenoxy) is 1. The summed E-state index contributed by atoms with van der Waals surface area (Å²) in [5, 5.41) is 7.57. The van der Waals surface area contributed by atoms with Crippen LogP contribution in [0.15, 0.2) is 46.5 Å². The Morgan fingerprint density at radius 1 is 1.12 bits per heavy atom. The van der Waals surface area contributed by atoms with Crippen molar-refractivity contribution in [3.05, 3.63) is 74.8 Å². The standard InChI is InChI=1S/C26H23F5N6O3/c1-40-15-8-32-23(33-9-15)18-6-16-17(7-19(18)27)25(39)37(12-20(16)28)11-13-3-2-4-14(5-13)35-21-10-34-36-24(38)22(21)26(29,30)31/h6-10,12-14H,2-5,11H2,1H3,(H2,35,36,38)/t13-,14+/m1/s1/i1D3. The number of rotatable bonds is 6. The highest BCUT2D eigenvalue weighted by Crippen LogP contribution is 2.34. The molecule has 5 rings (SSSR count). The van der Waals surface area contributed by atoms with Gasteiger partial charge in [0, 0.05) is 24.2 Å². The maximum Gasteiger partial charge on any atom is 0.423 e. The van der Waals surface area contributed by atoms with Gasteiger partial charge in [0.05, 0.1) is 46.4 Å². The minimum Gasteiger partial charge on any atom is -0.494 e. The average molecular weight is 566 g/mol. The van der Waals surface area contributed by atoms with E-state index in [-0.39, 0.29) is 40.4 Å². The number of alkyl halides is 3. The Bertz CT molecular complexity index is 1780. The molecule has 2 atom stereocenters. The van der Waals surface area contributed by atoms with Gasteiger partial charge < -0.3 is 14.6 Å². The molecule has 3 aromatic heterocycles. The summed E-state index contributed by atoms with van der Waals surface area (Å²) >= 11 is 0. The van der Waals surface area contributed by atoms with Crippen molar-refractivity contribution in [1.29, 1.82) is 0 Å². The molecule has 1 aliphatic carbocycles. The highest BCUT2D eigenvalue weighted by molar-refractivity contribution is 5.86. The van der Waals surface area contributed by atoms with Gasteiger partial charge in [0.25, 0.3) is 11.1 Å². The van der Waals surface area contributed by atoms with Gasteiger partial charge in [0.15, 0.2) is 11.6 Å². The molecule has 0 unspecified atom stereocenters. The van der Waals surface area contributed by atoms with Crippen molar-refractivity contribution in [3.63, 3.8) is 0 Å². The topological polar surface area (TPSA) is 115 Å². The van der Waals surface area contributed by atoms with E-state index >= 15 is 8.78 Å². The first-order valence-electron chi connectivity index (χ1n) is 13.6. The lowest BCUT2D eigenvalue weighted by atomic mass is 9.85.